The number of halogens is 4. The summed E-state index contributed by atoms with van der Waals surface area (Å²) in [6.07, 6.45) is -3.08. The van der Waals surface area contributed by atoms with Crippen LogP contribution in [0.3, 0.4) is 0 Å². The lowest BCUT2D eigenvalue weighted by Gasteiger charge is -2.36. The highest BCUT2D eigenvalue weighted by molar-refractivity contribution is 6.30. The second-order valence-corrected chi connectivity index (χ2v) is 8.00. The van der Waals surface area contributed by atoms with Crippen molar-refractivity contribution in [3.05, 3.63) is 82.9 Å². The van der Waals surface area contributed by atoms with Crippen molar-refractivity contribution in [3.63, 3.8) is 0 Å². The summed E-state index contributed by atoms with van der Waals surface area (Å²) in [5, 5.41) is 0.596. The van der Waals surface area contributed by atoms with Gasteiger partial charge in [0.15, 0.2) is 0 Å². The van der Waals surface area contributed by atoms with Gasteiger partial charge in [-0.2, -0.15) is 13.2 Å². The fourth-order valence-corrected chi connectivity index (χ4v) is 3.98. The van der Waals surface area contributed by atoms with Gasteiger partial charge in [-0.15, -0.1) is 0 Å². The number of nitrogen functional groups attached to an aromatic ring is 1. The Labute approximate surface area is 188 Å². The summed E-state index contributed by atoms with van der Waals surface area (Å²) in [6, 6.07) is 17.1. The van der Waals surface area contributed by atoms with E-state index in [1.807, 2.05) is 0 Å². The van der Waals surface area contributed by atoms with E-state index in [4.69, 9.17) is 22.1 Å². The molecule has 1 aliphatic heterocycles. The van der Waals surface area contributed by atoms with E-state index >= 15 is 0 Å². The highest BCUT2D eigenvalue weighted by Crippen LogP contribution is 2.40. The number of amides is 1. The van der Waals surface area contributed by atoms with Crippen molar-refractivity contribution in [1.29, 1.82) is 0 Å². The van der Waals surface area contributed by atoms with Gasteiger partial charge in [-0.1, -0.05) is 17.7 Å². The zero-order valence-electron chi connectivity index (χ0n) is 16.9. The van der Waals surface area contributed by atoms with Gasteiger partial charge < -0.3 is 15.4 Å². The molecule has 8 heteroatoms. The number of carbonyl (C=O) groups is 1. The number of ether oxygens (including phenoxy) is 1. The molecule has 0 bridgehead atoms. The van der Waals surface area contributed by atoms with Crippen LogP contribution >= 0.6 is 11.6 Å². The molecule has 1 fully saturated rings. The predicted octanol–water partition coefficient (Wildman–Crippen LogP) is 6.99. The first-order chi connectivity index (χ1) is 15.2. The molecule has 1 unspecified atom stereocenters. The molecule has 1 aliphatic rings. The van der Waals surface area contributed by atoms with Gasteiger partial charge in [0.2, 0.25) is 5.91 Å². The van der Waals surface area contributed by atoms with Crippen LogP contribution in [-0.4, -0.2) is 5.91 Å². The molecular formula is C24H20ClF3N2O2. The zero-order valence-corrected chi connectivity index (χ0v) is 17.7. The molecule has 1 saturated heterocycles. The van der Waals surface area contributed by atoms with Crippen molar-refractivity contribution in [1.82, 2.24) is 0 Å². The highest BCUT2D eigenvalue weighted by Gasteiger charge is 2.36. The summed E-state index contributed by atoms with van der Waals surface area (Å²) < 4.78 is 45.8. The van der Waals surface area contributed by atoms with Crippen LogP contribution in [0.1, 0.15) is 36.4 Å². The molecule has 4 rings (SSSR count). The molecule has 3 aromatic carbocycles. The van der Waals surface area contributed by atoms with Crippen molar-refractivity contribution < 1.29 is 22.7 Å². The first-order valence-corrected chi connectivity index (χ1v) is 10.4. The number of hydrogen-bond donors (Lipinski definition) is 1. The number of benzene rings is 3. The zero-order chi connectivity index (χ0) is 22.9. The third kappa shape index (κ3) is 4.67. The second kappa shape index (κ2) is 8.74. The first-order valence-electron chi connectivity index (χ1n) is 10.0. The largest absolute Gasteiger partial charge is 0.457 e. The number of alkyl halides is 3. The molecule has 2 N–H and O–H groups in total. The average molecular weight is 461 g/mol. The van der Waals surface area contributed by atoms with Gasteiger partial charge in [0.05, 0.1) is 11.6 Å². The van der Waals surface area contributed by atoms with Gasteiger partial charge in [0.1, 0.15) is 11.5 Å². The van der Waals surface area contributed by atoms with E-state index in [0.717, 1.165) is 6.07 Å². The van der Waals surface area contributed by atoms with Crippen LogP contribution in [0, 0.1) is 0 Å². The molecule has 32 heavy (non-hydrogen) atoms. The standard InChI is InChI=1S/C24H20ClF3N2O2/c25-16-5-9-18(10-6-16)32-19-11-7-17(8-12-19)30-22(2-1-3-23(30)31)15-4-13-21(29)20(14-15)24(26,27)28/h4-14,22H,1-3,29H2. The molecule has 0 aromatic heterocycles. The fraction of sp³-hybridized carbons (Fsp3) is 0.208. The number of piperidine rings is 1. The molecule has 0 aliphatic carbocycles. The van der Waals surface area contributed by atoms with Crippen LogP contribution in [0.4, 0.5) is 24.5 Å². The topological polar surface area (TPSA) is 55.6 Å². The van der Waals surface area contributed by atoms with Gasteiger partial charge in [-0.3, -0.25) is 4.79 Å². The number of nitrogens with zero attached hydrogens (tertiary/aromatic N) is 1. The van der Waals surface area contributed by atoms with Gasteiger partial charge in [-0.05, 0) is 79.1 Å². The van der Waals surface area contributed by atoms with E-state index in [1.165, 1.54) is 6.07 Å². The number of rotatable bonds is 4. The smallest absolute Gasteiger partial charge is 0.418 e. The Morgan fingerprint density at radius 2 is 1.59 bits per heavy atom. The van der Waals surface area contributed by atoms with Crippen molar-refractivity contribution in [2.45, 2.75) is 31.5 Å². The van der Waals surface area contributed by atoms with E-state index in [-0.39, 0.29) is 11.6 Å². The molecule has 0 saturated carbocycles. The molecule has 4 nitrogen and oxygen atoms in total. The number of nitrogens with two attached hydrogens (primary N) is 1. The lowest BCUT2D eigenvalue weighted by molar-refractivity contribution is -0.137. The fourth-order valence-electron chi connectivity index (χ4n) is 3.85. The van der Waals surface area contributed by atoms with Gasteiger partial charge in [0.25, 0.3) is 0 Å². The normalized spacial score (nSPS) is 16.8. The minimum Gasteiger partial charge on any atom is -0.457 e. The third-order valence-electron chi connectivity index (χ3n) is 5.38. The molecule has 0 spiro atoms. The summed E-state index contributed by atoms with van der Waals surface area (Å²) in [4.78, 5) is 14.3. The summed E-state index contributed by atoms with van der Waals surface area (Å²) in [6.45, 7) is 0. The van der Waals surface area contributed by atoms with Gasteiger partial charge >= 0.3 is 6.18 Å². The van der Waals surface area contributed by atoms with Crippen molar-refractivity contribution in [2.24, 2.45) is 0 Å². The predicted molar refractivity (Wildman–Crippen MR) is 118 cm³/mol. The van der Waals surface area contributed by atoms with Crippen LogP contribution in [0.15, 0.2) is 66.7 Å². The second-order valence-electron chi connectivity index (χ2n) is 7.57. The van der Waals surface area contributed by atoms with E-state index in [9.17, 15) is 18.0 Å². The van der Waals surface area contributed by atoms with Crippen molar-refractivity contribution in [2.75, 3.05) is 10.6 Å². The van der Waals surface area contributed by atoms with E-state index < -0.39 is 17.8 Å². The number of carbonyl (C=O) groups excluding carboxylic acids is 1. The monoisotopic (exact) mass is 460 g/mol. The number of hydrogen-bond acceptors (Lipinski definition) is 3. The Bertz CT molecular complexity index is 1120. The minimum atomic E-state index is -4.57. The van der Waals surface area contributed by atoms with Gasteiger partial charge in [-0.25, -0.2) is 0 Å². The van der Waals surface area contributed by atoms with Crippen LogP contribution in [0.25, 0.3) is 0 Å². The lowest BCUT2D eigenvalue weighted by atomic mass is 9.92. The Hall–Kier alpha value is -3.19. The summed E-state index contributed by atoms with van der Waals surface area (Å²) in [5.41, 5.74) is 5.32. The maximum atomic E-state index is 13.4. The average Bonchev–Trinajstić information content (AvgIpc) is 2.75. The van der Waals surface area contributed by atoms with Crippen molar-refractivity contribution >= 4 is 28.9 Å². The third-order valence-corrected chi connectivity index (χ3v) is 5.63. The van der Waals surface area contributed by atoms with E-state index in [0.29, 0.717) is 47.0 Å². The minimum absolute atomic E-state index is 0.141. The van der Waals surface area contributed by atoms with Crippen LogP contribution < -0.4 is 15.4 Å². The van der Waals surface area contributed by atoms with Gasteiger partial charge in [0, 0.05) is 22.8 Å². The Balaban J connectivity index is 1.62. The maximum absolute atomic E-state index is 13.4. The molecule has 1 amide bonds. The molecule has 3 aromatic rings. The van der Waals surface area contributed by atoms with Crippen molar-refractivity contribution in [3.8, 4) is 11.5 Å². The Morgan fingerprint density at radius 3 is 2.22 bits per heavy atom. The molecule has 1 heterocycles. The first kappa shape index (κ1) is 22.0. The Kier molecular flexibility index (Phi) is 6.02. The lowest BCUT2D eigenvalue weighted by Crippen LogP contribution is -2.38. The SMILES string of the molecule is Nc1ccc(C2CCCC(=O)N2c2ccc(Oc3ccc(Cl)cc3)cc2)cc1C(F)(F)F. The summed E-state index contributed by atoms with van der Waals surface area (Å²) >= 11 is 5.88. The molecule has 166 valence electrons. The number of anilines is 2. The summed E-state index contributed by atoms with van der Waals surface area (Å²) in [7, 11) is 0. The molecular weight excluding hydrogens is 441 g/mol. The quantitative estimate of drug-likeness (QED) is 0.427. The Morgan fingerprint density at radius 1 is 0.969 bits per heavy atom. The maximum Gasteiger partial charge on any atom is 0.418 e. The van der Waals surface area contributed by atoms with E-state index in [1.54, 1.807) is 59.5 Å². The molecule has 1 atom stereocenters. The van der Waals surface area contributed by atoms with Crippen LogP contribution in [0.2, 0.25) is 5.02 Å². The summed E-state index contributed by atoms with van der Waals surface area (Å²) in [5.74, 6) is 1.03. The van der Waals surface area contributed by atoms with Crippen LogP contribution in [-0.2, 0) is 11.0 Å². The van der Waals surface area contributed by atoms with E-state index in [2.05, 4.69) is 0 Å². The molecule has 0 radical (unpaired) electrons. The highest BCUT2D eigenvalue weighted by atomic mass is 35.5. The van der Waals surface area contributed by atoms with Crippen LogP contribution in [0.5, 0.6) is 11.5 Å².